The van der Waals surface area contributed by atoms with Gasteiger partial charge in [0.1, 0.15) is 0 Å². The van der Waals surface area contributed by atoms with E-state index >= 15 is 0 Å². The number of benzene rings is 3. The van der Waals surface area contributed by atoms with Crippen molar-refractivity contribution in [3.63, 3.8) is 0 Å². The number of hydrazone groups is 1. The Balaban J connectivity index is 1.43. The maximum atomic E-state index is 12.5. The summed E-state index contributed by atoms with van der Waals surface area (Å²) in [6.45, 7) is 2.65. The Hall–Kier alpha value is -3.63. The summed E-state index contributed by atoms with van der Waals surface area (Å²) in [6.07, 6.45) is 2.47. The van der Waals surface area contributed by atoms with Crippen LogP contribution in [-0.2, 0) is 4.79 Å². The van der Waals surface area contributed by atoms with Gasteiger partial charge in [0, 0.05) is 15.7 Å². The molecule has 0 aliphatic rings. The number of hydrogen-bond donors (Lipinski definition) is 1. The number of nitrogens with zero attached hydrogens (tertiary/aromatic N) is 4. The molecule has 10 heteroatoms. The van der Waals surface area contributed by atoms with Crippen molar-refractivity contribution in [1.29, 1.82) is 0 Å². The summed E-state index contributed by atoms with van der Waals surface area (Å²) in [5.74, 6) is 1.83. The monoisotopic (exact) mass is 579 g/mol. The zero-order valence-corrected chi connectivity index (χ0v) is 22.8. The Labute approximate surface area is 228 Å². The number of carbonyl (C=O) groups excluding carboxylic acids is 1. The maximum Gasteiger partial charge on any atom is 0.250 e. The van der Waals surface area contributed by atoms with Crippen LogP contribution in [0, 0.1) is 0 Å². The highest BCUT2D eigenvalue weighted by atomic mass is 79.9. The van der Waals surface area contributed by atoms with Crippen LogP contribution in [0.1, 0.15) is 18.9 Å². The van der Waals surface area contributed by atoms with Gasteiger partial charge in [-0.3, -0.25) is 9.36 Å². The van der Waals surface area contributed by atoms with Crippen molar-refractivity contribution >= 4 is 39.8 Å². The van der Waals surface area contributed by atoms with Crippen molar-refractivity contribution in [1.82, 2.24) is 20.2 Å². The first-order valence-corrected chi connectivity index (χ1v) is 13.4. The summed E-state index contributed by atoms with van der Waals surface area (Å²) in [5, 5.41) is 13.5. The molecule has 4 aromatic rings. The molecule has 4 rings (SSSR count). The second-order valence-electron chi connectivity index (χ2n) is 7.83. The smallest absolute Gasteiger partial charge is 0.250 e. The van der Waals surface area contributed by atoms with Crippen LogP contribution in [-0.4, -0.2) is 46.4 Å². The first-order chi connectivity index (χ1) is 18.1. The fraction of sp³-hybridized carbons (Fsp3) is 0.185. The number of ether oxygens (including phenoxy) is 2. The number of thioether (sulfide) groups is 1. The van der Waals surface area contributed by atoms with Crippen molar-refractivity contribution in [3.8, 4) is 28.6 Å². The quantitative estimate of drug-likeness (QED) is 0.138. The second-order valence-corrected chi connectivity index (χ2v) is 9.69. The molecule has 1 aromatic heterocycles. The molecule has 0 aliphatic heterocycles. The summed E-state index contributed by atoms with van der Waals surface area (Å²) >= 11 is 4.80. The van der Waals surface area contributed by atoms with Crippen LogP contribution in [0.3, 0.4) is 0 Å². The minimum Gasteiger partial charge on any atom is -0.493 e. The maximum absolute atomic E-state index is 12.5. The van der Waals surface area contributed by atoms with Gasteiger partial charge in [-0.25, -0.2) is 5.43 Å². The fourth-order valence-electron chi connectivity index (χ4n) is 3.42. The van der Waals surface area contributed by atoms with Crippen LogP contribution in [0.4, 0.5) is 0 Å². The number of para-hydroxylation sites is 1. The van der Waals surface area contributed by atoms with Gasteiger partial charge in [0.25, 0.3) is 5.91 Å². The Bertz CT molecular complexity index is 1380. The van der Waals surface area contributed by atoms with Gasteiger partial charge in [0.05, 0.1) is 25.7 Å². The lowest BCUT2D eigenvalue weighted by atomic mass is 10.2. The molecule has 0 bridgehead atoms. The third-order valence-electron chi connectivity index (χ3n) is 5.12. The molecule has 0 atom stereocenters. The average molecular weight is 581 g/mol. The van der Waals surface area contributed by atoms with E-state index in [0.717, 1.165) is 27.7 Å². The van der Waals surface area contributed by atoms with E-state index < -0.39 is 0 Å². The van der Waals surface area contributed by atoms with E-state index in [4.69, 9.17) is 9.47 Å². The zero-order chi connectivity index (χ0) is 26.0. The van der Waals surface area contributed by atoms with E-state index in [9.17, 15) is 4.79 Å². The van der Waals surface area contributed by atoms with Crippen molar-refractivity contribution in [2.75, 3.05) is 19.5 Å². The van der Waals surface area contributed by atoms with E-state index in [1.54, 1.807) is 19.4 Å². The van der Waals surface area contributed by atoms with Gasteiger partial charge in [0.15, 0.2) is 22.5 Å². The molecule has 0 fully saturated rings. The third kappa shape index (κ3) is 6.99. The van der Waals surface area contributed by atoms with Gasteiger partial charge < -0.3 is 9.47 Å². The molecular formula is C27H26BrN5O3S. The van der Waals surface area contributed by atoms with Gasteiger partial charge in [-0.2, -0.15) is 5.10 Å². The largest absolute Gasteiger partial charge is 0.493 e. The molecule has 0 unspecified atom stereocenters. The standard InChI is InChI=1S/C27H26BrN5O3S/c1-3-14-36-23-13-12-19(15-24(23)35-2)17-29-30-25(34)18-37-27-32-31-26(20-8-7-9-21(28)16-20)33(27)22-10-5-4-6-11-22/h4-13,15-17H,3,14,18H2,1-2H3,(H,30,34). The highest BCUT2D eigenvalue weighted by Gasteiger charge is 2.17. The van der Waals surface area contributed by atoms with Crippen molar-refractivity contribution in [2.24, 2.45) is 5.10 Å². The predicted octanol–water partition coefficient (Wildman–Crippen LogP) is 5.74. The molecule has 1 N–H and O–H groups in total. The summed E-state index contributed by atoms with van der Waals surface area (Å²) in [4.78, 5) is 12.5. The third-order valence-corrected chi connectivity index (χ3v) is 6.54. The molecule has 1 heterocycles. The fourth-order valence-corrected chi connectivity index (χ4v) is 4.57. The molecule has 1 amide bonds. The molecule has 0 radical (unpaired) electrons. The topological polar surface area (TPSA) is 90.6 Å². The first kappa shape index (κ1) is 26.4. The SMILES string of the molecule is CCCOc1ccc(C=NNC(=O)CSc2nnc(-c3cccc(Br)c3)n2-c2ccccc2)cc1OC. The minimum absolute atomic E-state index is 0.119. The Morgan fingerprint density at radius 1 is 1.08 bits per heavy atom. The molecule has 0 spiro atoms. The number of amides is 1. The van der Waals surface area contributed by atoms with Gasteiger partial charge in [0.2, 0.25) is 0 Å². The minimum atomic E-state index is -0.261. The van der Waals surface area contributed by atoms with Crippen molar-refractivity contribution < 1.29 is 14.3 Å². The van der Waals surface area contributed by atoms with Gasteiger partial charge in [-0.1, -0.05) is 64.9 Å². The number of methoxy groups -OCH3 is 1. The van der Waals surface area contributed by atoms with Crippen molar-refractivity contribution in [2.45, 2.75) is 18.5 Å². The summed E-state index contributed by atoms with van der Waals surface area (Å²) in [5.41, 5.74) is 5.16. The number of aromatic nitrogens is 3. The second kappa shape index (κ2) is 13.1. The van der Waals surface area contributed by atoms with Crippen LogP contribution >= 0.6 is 27.7 Å². The van der Waals surface area contributed by atoms with Gasteiger partial charge in [-0.15, -0.1) is 10.2 Å². The van der Waals surface area contributed by atoms with Crippen LogP contribution in [0.2, 0.25) is 0 Å². The van der Waals surface area contributed by atoms with E-state index in [2.05, 4.69) is 36.7 Å². The molecule has 8 nitrogen and oxygen atoms in total. The van der Waals surface area contributed by atoms with Crippen molar-refractivity contribution in [3.05, 3.63) is 82.8 Å². The molecule has 0 aliphatic carbocycles. The lowest BCUT2D eigenvalue weighted by molar-refractivity contribution is -0.118. The highest BCUT2D eigenvalue weighted by molar-refractivity contribution is 9.10. The Morgan fingerprint density at radius 2 is 1.92 bits per heavy atom. The lowest BCUT2D eigenvalue weighted by Gasteiger charge is -2.10. The van der Waals surface area contributed by atoms with Gasteiger partial charge >= 0.3 is 0 Å². The Morgan fingerprint density at radius 3 is 2.68 bits per heavy atom. The molecule has 0 saturated carbocycles. The first-order valence-electron chi connectivity index (χ1n) is 11.6. The van der Waals surface area contributed by atoms with E-state index in [1.807, 2.05) is 78.2 Å². The molecule has 0 saturated heterocycles. The number of halogens is 1. The van der Waals surface area contributed by atoms with E-state index in [0.29, 0.717) is 29.1 Å². The summed E-state index contributed by atoms with van der Waals surface area (Å²) < 4.78 is 13.9. The number of carbonyl (C=O) groups is 1. The average Bonchev–Trinajstić information content (AvgIpc) is 3.35. The zero-order valence-electron chi connectivity index (χ0n) is 20.4. The number of nitrogens with one attached hydrogen (secondary N) is 1. The molecule has 3 aromatic carbocycles. The summed E-state index contributed by atoms with van der Waals surface area (Å²) in [7, 11) is 1.59. The molecular weight excluding hydrogens is 554 g/mol. The van der Waals surface area contributed by atoms with Crippen LogP contribution in [0.15, 0.2) is 87.5 Å². The van der Waals surface area contributed by atoms with Gasteiger partial charge in [-0.05, 0) is 54.4 Å². The van der Waals surface area contributed by atoms with Crippen LogP contribution < -0.4 is 14.9 Å². The highest BCUT2D eigenvalue weighted by Crippen LogP contribution is 2.29. The Kier molecular flexibility index (Phi) is 9.34. The molecule has 37 heavy (non-hydrogen) atoms. The summed E-state index contributed by atoms with van der Waals surface area (Å²) in [6, 6.07) is 23.2. The lowest BCUT2D eigenvalue weighted by Crippen LogP contribution is -2.20. The number of rotatable bonds is 11. The molecule has 190 valence electrons. The van der Waals surface area contributed by atoms with Crippen LogP contribution in [0.25, 0.3) is 17.1 Å². The normalized spacial score (nSPS) is 11.0. The van der Waals surface area contributed by atoms with E-state index in [1.165, 1.54) is 11.8 Å². The predicted molar refractivity (Wildman–Crippen MR) is 150 cm³/mol. The number of hydrogen-bond acceptors (Lipinski definition) is 7. The van der Waals surface area contributed by atoms with Crippen LogP contribution in [0.5, 0.6) is 11.5 Å². The van der Waals surface area contributed by atoms with E-state index in [-0.39, 0.29) is 11.7 Å².